The summed E-state index contributed by atoms with van der Waals surface area (Å²) in [5.74, 6) is 0.256. The molecule has 1 aromatic heterocycles. The van der Waals surface area contributed by atoms with Gasteiger partial charge in [0.05, 0.1) is 5.56 Å². The quantitative estimate of drug-likeness (QED) is 0.870. The first-order valence-electron chi connectivity index (χ1n) is 7.11. The van der Waals surface area contributed by atoms with Gasteiger partial charge in [-0.25, -0.2) is 4.98 Å². The summed E-state index contributed by atoms with van der Waals surface area (Å²) in [7, 11) is 0. The third kappa shape index (κ3) is 3.55. The number of carbonyl (C=O) groups excluding carboxylic acids is 1. The Morgan fingerprint density at radius 1 is 1.45 bits per heavy atom. The highest BCUT2D eigenvalue weighted by Crippen LogP contribution is 2.26. The third-order valence-corrected chi connectivity index (χ3v) is 3.91. The molecule has 1 atom stereocenters. The fourth-order valence-electron chi connectivity index (χ4n) is 2.74. The third-order valence-electron chi connectivity index (χ3n) is 3.91. The smallest absolute Gasteiger partial charge is 0.270 e. The SMILES string of the molecule is N#Cc1ccc(C(=O)NC(CN)C2CCCCC2)nc1. The number of hydrogen-bond donors (Lipinski definition) is 2. The molecule has 1 aliphatic rings. The van der Waals surface area contributed by atoms with E-state index in [1.165, 1.54) is 25.5 Å². The zero-order valence-electron chi connectivity index (χ0n) is 11.5. The molecule has 0 aliphatic heterocycles. The topological polar surface area (TPSA) is 91.8 Å². The highest BCUT2D eigenvalue weighted by molar-refractivity contribution is 5.92. The molecule has 2 rings (SSSR count). The standard InChI is InChI=1S/C15H20N4O/c16-8-11-6-7-13(18-10-11)15(20)19-14(9-17)12-4-2-1-3-5-12/h6-7,10,12,14H,1-5,9,17H2,(H,19,20). The van der Waals surface area contributed by atoms with E-state index in [-0.39, 0.29) is 11.9 Å². The van der Waals surface area contributed by atoms with Crippen molar-refractivity contribution in [3.8, 4) is 6.07 Å². The number of nitrogens with zero attached hydrogens (tertiary/aromatic N) is 2. The van der Waals surface area contributed by atoms with Crippen molar-refractivity contribution in [2.24, 2.45) is 11.7 Å². The molecule has 0 spiro atoms. The zero-order valence-corrected chi connectivity index (χ0v) is 11.5. The van der Waals surface area contributed by atoms with E-state index in [1.807, 2.05) is 6.07 Å². The Morgan fingerprint density at radius 3 is 2.75 bits per heavy atom. The van der Waals surface area contributed by atoms with E-state index < -0.39 is 0 Å². The monoisotopic (exact) mass is 272 g/mol. The van der Waals surface area contributed by atoms with Crippen LogP contribution in [0.2, 0.25) is 0 Å². The number of carbonyl (C=O) groups is 1. The summed E-state index contributed by atoms with van der Waals surface area (Å²) in [6, 6.07) is 5.17. The second-order valence-corrected chi connectivity index (χ2v) is 5.26. The first-order valence-corrected chi connectivity index (χ1v) is 7.11. The molecule has 20 heavy (non-hydrogen) atoms. The van der Waals surface area contributed by atoms with Crippen molar-refractivity contribution in [1.82, 2.24) is 10.3 Å². The maximum Gasteiger partial charge on any atom is 0.270 e. The average Bonchev–Trinajstić information content (AvgIpc) is 2.53. The van der Waals surface area contributed by atoms with Crippen LogP contribution in [0.15, 0.2) is 18.3 Å². The van der Waals surface area contributed by atoms with Gasteiger partial charge in [0.2, 0.25) is 0 Å². The normalized spacial score (nSPS) is 17.2. The van der Waals surface area contributed by atoms with Crippen LogP contribution in [0.3, 0.4) is 0 Å². The predicted octanol–water partition coefficient (Wildman–Crippen LogP) is 1.59. The maximum absolute atomic E-state index is 12.1. The molecular weight excluding hydrogens is 252 g/mol. The first-order chi connectivity index (χ1) is 9.74. The number of nitrogens with two attached hydrogens (primary N) is 1. The fraction of sp³-hybridized carbons (Fsp3) is 0.533. The van der Waals surface area contributed by atoms with Crippen LogP contribution in [0.1, 0.15) is 48.2 Å². The Hall–Kier alpha value is -1.93. The van der Waals surface area contributed by atoms with Crippen molar-refractivity contribution in [3.63, 3.8) is 0 Å². The lowest BCUT2D eigenvalue weighted by molar-refractivity contribution is 0.0910. The number of aromatic nitrogens is 1. The highest BCUT2D eigenvalue weighted by Gasteiger charge is 2.24. The van der Waals surface area contributed by atoms with Gasteiger partial charge in [-0.05, 0) is 30.9 Å². The van der Waals surface area contributed by atoms with Crippen LogP contribution in [0, 0.1) is 17.2 Å². The number of nitrogens with one attached hydrogen (secondary N) is 1. The lowest BCUT2D eigenvalue weighted by Gasteiger charge is -2.29. The van der Waals surface area contributed by atoms with Gasteiger partial charge in [0.15, 0.2) is 0 Å². The van der Waals surface area contributed by atoms with Crippen LogP contribution in [0.5, 0.6) is 0 Å². The van der Waals surface area contributed by atoms with E-state index >= 15 is 0 Å². The van der Waals surface area contributed by atoms with E-state index in [2.05, 4.69) is 10.3 Å². The van der Waals surface area contributed by atoms with Crippen molar-refractivity contribution >= 4 is 5.91 Å². The fourth-order valence-corrected chi connectivity index (χ4v) is 2.74. The van der Waals surface area contributed by atoms with E-state index in [0.29, 0.717) is 23.7 Å². The summed E-state index contributed by atoms with van der Waals surface area (Å²) < 4.78 is 0. The Labute approximate surface area is 119 Å². The summed E-state index contributed by atoms with van der Waals surface area (Å²) >= 11 is 0. The molecule has 106 valence electrons. The van der Waals surface area contributed by atoms with E-state index in [9.17, 15) is 4.79 Å². The summed E-state index contributed by atoms with van der Waals surface area (Å²) in [5.41, 5.74) is 6.58. The molecule has 1 aliphatic carbocycles. The van der Waals surface area contributed by atoms with Crippen molar-refractivity contribution in [2.75, 3.05) is 6.54 Å². The van der Waals surface area contributed by atoms with Crippen LogP contribution in [0.4, 0.5) is 0 Å². The van der Waals surface area contributed by atoms with Gasteiger partial charge in [0.25, 0.3) is 5.91 Å². The molecule has 0 aromatic carbocycles. The zero-order chi connectivity index (χ0) is 14.4. The van der Waals surface area contributed by atoms with Crippen LogP contribution >= 0.6 is 0 Å². The molecule has 3 N–H and O–H groups in total. The van der Waals surface area contributed by atoms with Gasteiger partial charge in [-0.1, -0.05) is 19.3 Å². The minimum absolute atomic E-state index is 0.0141. The largest absolute Gasteiger partial charge is 0.346 e. The maximum atomic E-state index is 12.1. The van der Waals surface area contributed by atoms with Gasteiger partial charge in [0.1, 0.15) is 11.8 Å². The summed E-state index contributed by atoms with van der Waals surface area (Å²) in [4.78, 5) is 16.2. The van der Waals surface area contributed by atoms with Gasteiger partial charge in [-0.15, -0.1) is 0 Å². The molecule has 1 aromatic rings. The van der Waals surface area contributed by atoms with Crippen LogP contribution < -0.4 is 11.1 Å². The Kier molecular flexibility index (Phi) is 5.08. The summed E-state index contributed by atoms with van der Waals surface area (Å²) in [6.07, 6.45) is 7.37. The molecule has 5 nitrogen and oxygen atoms in total. The average molecular weight is 272 g/mol. The lowest BCUT2D eigenvalue weighted by Crippen LogP contribution is -2.46. The van der Waals surface area contributed by atoms with Crippen molar-refractivity contribution in [3.05, 3.63) is 29.6 Å². The molecule has 1 fully saturated rings. The predicted molar refractivity (Wildman–Crippen MR) is 75.8 cm³/mol. The summed E-state index contributed by atoms with van der Waals surface area (Å²) in [6.45, 7) is 0.451. The molecule has 1 unspecified atom stereocenters. The highest BCUT2D eigenvalue weighted by atomic mass is 16.1. The minimum atomic E-state index is -0.212. The molecular formula is C15H20N4O. The molecule has 1 saturated carbocycles. The number of hydrogen-bond acceptors (Lipinski definition) is 4. The Morgan fingerprint density at radius 2 is 2.20 bits per heavy atom. The lowest BCUT2D eigenvalue weighted by atomic mass is 9.84. The van der Waals surface area contributed by atoms with Crippen molar-refractivity contribution in [1.29, 1.82) is 5.26 Å². The van der Waals surface area contributed by atoms with Crippen molar-refractivity contribution < 1.29 is 4.79 Å². The molecule has 5 heteroatoms. The summed E-state index contributed by atoms with van der Waals surface area (Å²) in [5, 5.41) is 11.7. The second kappa shape index (κ2) is 7.01. The van der Waals surface area contributed by atoms with E-state index in [0.717, 1.165) is 12.8 Å². The molecule has 0 saturated heterocycles. The van der Waals surface area contributed by atoms with Crippen LogP contribution in [0.25, 0.3) is 0 Å². The minimum Gasteiger partial charge on any atom is -0.346 e. The number of rotatable bonds is 4. The number of nitriles is 1. The molecule has 1 heterocycles. The first kappa shape index (κ1) is 14.5. The molecule has 0 bridgehead atoms. The number of pyridine rings is 1. The van der Waals surface area contributed by atoms with Gasteiger partial charge >= 0.3 is 0 Å². The van der Waals surface area contributed by atoms with Crippen LogP contribution in [-0.4, -0.2) is 23.5 Å². The molecule has 0 radical (unpaired) electrons. The van der Waals surface area contributed by atoms with Gasteiger partial charge < -0.3 is 11.1 Å². The number of amides is 1. The Balaban J connectivity index is 1.99. The van der Waals surface area contributed by atoms with Gasteiger partial charge in [0, 0.05) is 18.8 Å². The van der Waals surface area contributed by atoms with Gasteiger partial charge in [-0.3, -0.25) is 4.79 Å². The van der Waals surface area contributed by atoms with E-state index in [4.69, 9.17) is 11.0 Å². The van der Waals surface area contributed by atoms with E-state index in [1.54, 1.807) is 12.1 Å². The Bertz CT molecular complexity index is 486. The van der Waals surface area contributed by atoms with Gasteiger partial charge in [-0.2, -0.15) is 5.26 Å². The second-order valence-electron chi connectivity index (χ2n) is 5.26. The van der Waals surface area contributed by atoms with Crippen molar-refractivity contribution in [2.45, 2.75) is 38.1 Å². The molecule has 1 amide bonds. The van der Waals surface area contributed by atoms with Crippen LogP contribution in [-0.2, 0) is 0 Å².